The molecule has 0 fully saturated rings. The molecule has 1 atom stereocenters. The van der Waals surface area contributed by atoms with E-state index in [1.54, 1.807) is 42.5 Å². The van der Waals surface area contributed by atoms with Crippen molar-refractivity contribution in [3.05, 3.63) is 137 Å². The molecule has 5 rings (SSSR count). The normalized spacial score (nSPS) is 14.2. The number of nitriles is 1. The van der Waals surface area contributed by atoms with Gasteiger partial charge >= 0.3 is 5.97 Å². The van der Waals surface area contributed by atoms with Crippen molar-refractivity contribution in [2.75, 3.05) is 0 Å². The van der Waals surface area contributed by atoms with Gasteiger partial charge in [-0.2, -0.15) is 5.26 Å². The minimum atomic E-state index is -0.477. The van der Waals surface area contributed by atoms with E-state index in [0.29, 0.717) is 35.0 Å². The van der Waals surface area contributed by atoms with Crippen LogP contribution in [0.1, 0.15) is 33.0 Å². The molecule has 4 aromatic rings. The molecular formula is C30H22N2O4. The van der Waals surface area contributed by atoms with Crippen LogP contribution in [0.25, 0.3) is 0 Å². The third kappa shape index (κ3) is 4.77. The summed E-state index contributed by atoms with van der Waals surface area (Å²) in [5.74, 6) is 0.578. The third-order valence-electron chi connectivity index (χ3n) is 5.87. The summed E-state index contributed by atoms with van der Waals surface area (Å²) in [6.07, 6.45) is 0. The van der Waals surface area contributed by atoms with Crippen molar-refractivity contribution in [3.63, 3.8) is 0 Å². The molecule has 0 saturated carbocycles. The highest BCUT2D eigenvalue weighted by Crippen LogP contribution is 2.43. The Morgan fingerprint density at radius 1 is 0.889 bits per heavy atom. The van der Waals surface area contributed by atoms with Gasteiger partial charge in [0.25, 0.3) is 0 Å². The van der Waals surface area contributed by atoms with E-state index in [1.165, 1.54) is 0 Å². The Morgan fingerprint density at radius 2 is 1.56 bits per heavy atom. The van der Waals surface area contributed by atoms with Crippen LogP contribution in [0.15, 0.2) is 115 Å². The summed E-state index contributed by atoms with van der Waals surface area (Å²) in [6.45, 7) is 0.459. The number of nitrogens with two attached hydrogens (primary N) is 1. The first-order valence-electron chi connectivity index (χ1n) is 11.4. The van der Waals surface area contributed by atoms with Gasteiger partial charge in [0.05, 0.1) is 11.5 Å². The molecule has 176 valence electrons. The van der Waals surface area contributed by atoms with Crippen LogP contribution in [-0.2, 0) is 6.61 Å². The lowest BCUT2D eigenvalue weighted by Crippen LogP contribution is -2.21. The van der Waals surface area contributed by atoms with Crippen molar-refractivity contribution in [2.24, 2.45) is 5.73 Å². The lowest BCUT2D eigenvalue weighted by Gasteiger charge is -2.26. The van der Waals surface area contributed by atoms with E-state index >= 15 is 0 Å². The number of carbonyl (C=O) groups excluding carboxylic acids is 1. The van der Waals surface area contributed by atoms with E-state index in [4.69, 9.17) is 19.9 Å². The monoisotopic (exact) mass is 474 g/mol. The van der Waals surface area contributed by atoms with Crippen LogP contribution in [0.4, 0.5) is 0 Å². The maximum absolute atomic E-state index is 12.5. The summed E-state index contributed by atoms with van der Waals surface area (Å²) < 4.78 is 17.2. The first kappa shape index (κ1) is 22.8. The van der Waals surface area contributed by atoms with E-state index < -0.39 is 11.9 Å². The number of hydrogen-bond donors (Lipinski definition) is 1. The largest absolute Gasteiger partial charge is 0.489 e. The van der Waals surface area contributed by atoms with E-state index in [1.807, 2.05) is 60.7 Å². The number of fused-ring (bicyclic) bond motifs is 1. The average molecular weight is 475 g/mol. The van der Waals surface area contributed by atoms with Crippen molar-refractivity contribution in [1.29, 1.82) is 5.26 Å². The number of rotatable bonds is 6. The van der Waals surface area contributed by atoms with E-state index in [2.05, 4.69) is 6.07 Å². The third-order valence-corrected chi connectivity index (χ3v) is 5.87. The van der Waals surface area contributed by atoms with Crippen molar-refractivity contribution < 1.29 is 19.0 Å². The summed E-state index contributed by atoms with van der Waals surface area (Å²) in [7, 11) is 0. The summed E-state index contributed by atoms with van der Waals surface area (Å²) in [5, 5.41) is 9.82. The Hall–Kier alpha value is -5.02. The predicted molar refractivity (Wildman–Crippen MR) is 134 cm³/mol. The first-order valence-corrected chi connectivity index (χ1v) is 11.4. The molecule has 0 amide bonds. The van der Waals surface area contributed by atoms with Crippen LogP contribution in [-0.4, -0.2) is 5.97 Å². The topological polar surface area (TPSA) is 94.6 Å². The van der Waals surface area contributed by atoms with Crippen LogP contribution < -0.4 is 19.9 Å². The highest BCUT2D eigenvalue weighted by molar-refractivity contribution is 5.91. The van der Waals surface area contributed by atoms with Crippen molar-refractivity contribution in [2.45, 2.75) is 12.5 Å². The van der Waals surface area contributed by atoms with Gasteiger partial charge in [-0.1, -0.05) is 66.7 Å². The lowest BCUT2D eigenvalue weighted by atomic mass is 9.83. The average Bonchev–Trinajstić information content (AvgIpc) is 2.92. The smallest absolute Gasteiger partial charge is 0.343 e. The SMILES string of the molecule is N#CC1=C(N)Oc2cc(OC(=O)c3ccccc3)ccc2C1c1ccc(OCc2ccccc2)cc1. The fraction of sp³-hybridized carbons (Fsp3) is 0.0667. The predicted octanol–water partition coefficient (Wildman–Crippen LogP) is 5.70. The van der Waals surface area contributed by atoms with Gasteiger partial charge in [0, 0.05) is 11.6 Å². The molecule has 1 heterocycles. The molecule has 36 heavy (non-hydrogen) atoms. The molecular weight excluding hydrogens is 452 g/mol. The standard InChI is InChI=1S/C30H22N2O4/c31-18-26-28(21-11-13-23(14-12-21)34-19-20-7-3-1-4-8-20)25-16-15-24(17-27(25)36-29(26)32)35-30(33)22-9-5-2-6-10-22/h1-17,28H,19,32H2. The summed E-state index contributed by atoms with van der Waals surface area (Å²) in [6, 6.07) is 33.5. The van der Waals surface area contributed by atoms with Crippen LogP contribution in [0.2, 0.25) is 0 Å². The molecule has 1 aliphatic rings. The van der Waals surface area contributed by atoms with Crippen LogP contribution >= 0.6 is 0 Å². The Kier molecular flexibility index (Phi) is 6.37. The lowest BCUT2D eigenvalue weighted by molar-refractivity contribution is 0.0734. The number of carbonyl (C=O) groups is 1. The van der Waals surface area contributed by atoms with Gasteiger partial charge < -0.3 is 19.9 Å². The van der Waals surface area contributed by atoms with Gasteiger partial charge in [-0.25, -0.2) is 4.79 Å². The zero-order valence-electron chi connectivity index (χ0n) is 19.3. The Morgan fingerprint density at radius 3 is 2.25 bits per heavy atom. The molecule has 0 saturated heterocycles. The molecule has 1 aliphatic heterocycles. The van der Waals surface area contributed by atoms with E-state index in [-0.39, 0.29) is 5.88 Å². The van der Waals surface area contributed by atoms with Crippen molar-refractivity contribution >= 4 is 5.97 Å². The number of esters is 1. The van der Waals surface area contributed by atoms with Crippen molar-refractivity contribution in [3.8, 4) is 23.3 Å². The second kappa shape index (κ2) is 10.1. The minimum absolute atomic E-state index is 0.0194. The van der Waals surface area contributed by atoms with Gasteiger partial charge in [-0.15, -0.1) is 0 Å². The van der Waals surface area contributed by atoms with Gasteiger partial charge in [0.2, 0.25) is 5.88 Å². The highest BCUT2D eigenvalue weighted by atomic mass is 16.5. The fourth-order valence-electron chi connectivity index (χ4n) is 4.08. The fourth-order valence-corrected chi connectivity index (χ4v) is 4.08. The molecule has 0 radical (unpaired) electrons. The maximum atomic E-state index is 12.5. The Labute approximate surface area is 208 Å². The molecule has 1 unspecified atom stereocenters. The second-order valence-corrected chi connectivity index (χ2v) is 8.22. The van der Waals surface area contributed by atoms with Crippen LogP contribution in [0, 0.1) is 11.3 Å². The number of benzene rings is 4. The van der Waals surface area contributed by atoms with Gasteiger partial charge in [0.1, 0.15) is 35.5 Å². The Balaban J connectivity index is 1.39. The highest BCUT2D eigenvalue weighted by Gasteiger charge is 2.31. The zero-order chi connectivity index (χ0) is 24.9. The molecule has 6 heteroatoms. The molecule has 2 N–H and O–H groups in total. The van der Waals surface area contributed by atoms with Crippen LogP contribution in [0.5, 0.6) is 17.2 Å². The second-order valence-electron chi connectivity index (χ2n) is 8.22. The number of ether oxygens (including phenoxy) is 3. The summed E-state index contributed by atoms with van der Waals surface area (Å²) in [4.78, 5) is 12.5. The number of hydrogen-bond acceptors (Lipinski definition) is 6. The van der Waals surface area contributed by atoms with E-state index in [0.717, 1.165) is 16.7 Å². The molecule has 0 spiro atoms. The van der Waals surface area contributed by atoms with E-state index in [9.17, 15) is 10.1 Å². The molecule has 0 aromatic heterocycles. The molecule has 0 aliphatic carbocycles. The molecule has 4 aromatic carbocycles. The Bertz CT molecular complexity index is 1460. The van der Waals surface area contributed by atoms with Gasteiger partial charge in [0.15, 0.2) is 0 Å². The summed E-state index contributed by atoms with van der Waals surface area (Å²) in [5.41, 5.74) is 9.56. The number of nitrogens with zero attached hydrogens (tertiary/aromatic N) is 1. The van der Waals surface area contributed by atoms with Crippen LogP contribution in [0.3, 0.4) is 0 Å². The van der Waals surface area contributed by atoms with Crippen molar-refractivity contribution in [1.82, 2.24) is 0 Å². The zero-order valence-corrected chi connectivity index (χ0v) is 19.3. The molecule has 0 bridgehead atoms. The first-order chi connectivity index (χ1) is 17.6. The quantitative estimate of drug-likeness (QED) is 0.284. The maximum Gasteiger partial charge on any atom is 0.343 e. The molecule has 6 nitrogen and oxygen atoms in total. The minimum Gasteiger partial charge on any atom is -0.489 e. The van der Waals surface area contributed by atoms with Gasteiger partial charge in [-0.05, 0) is 41.5 Å². The summed E-state index contributed by atoms with van der Waals surface area (Å²) >= 11 is 0. The number of allylic oxidation sites excluding steroid dienone is 1. The van der Waals surface area contributed by atoms with Gasteiger partial charge in [-0.3, -0.25) is 0 Å².